The molecule has 0 aromatic heterocycles. The Morgan fingerprint density at radius 3 is 1.77 bits per heavy atom. The Balaban J connectivity index is 1.48. The highest BCUT2D eigenvalue weighted by Crippen LogP contribution is 2.32. The van der Waals surface area contributed by atoms with Crippen LogP contribution in [0.1, 0.15) is 36.1 Å². The zero-order chi connectivity index (χ0) is 37.7. The number of hydrogen-bond donors (Lipinski definition) is 3. The summed E-state index contributed by atoms with van der Waals surface area (Å²) in [4.78, 5) is 1.46. The van der Waals surface area contributed by atoms with Gasteiger partial charge in [0.1, 0.15) is 11.4 Å². The first kappa shape index (κ1) is 38.5. The quantitative estimate of drug-likeness (QED) is 0.105. The number of rotatable bonds is 13. The monoisotopic (exact) mass is 763 g/mol. The summed E-state index contributed by atoms with van der Waals surface area (Å²) in [5, 5.41) is 0. The lowest BCUT2D eigenvalue weighted by atomic mass is 9.91. The van der Waals surface area contributed by atoms with Crippen LogP contribution in [0.15, 0.2) is 142 Å². The molecule has 4 aromatic carbocycles. The molecule has 1 aliphatic carbocycles. The molecule has 272 valence electrons. The first-order chi connectivity index (χ1) is 24.6. The van der Waals surface area contributed by atoms with Crippen LogP contribution in [-0.2, 0) is 49.9 Å². The van der Waals surface area contributed by atoms with Gasteiger partial charge in [-0.2, -0.15) is 25.3 Å². The SMILES string of the molecule is CCN(Cc1cccc(S(=O)(=O)O)c1)c1ccc(CC(=C2C=CC(=[N+](CC)Cc3cccc(S(=O)(=O)O)c3)C=C2)c2ccccc2S(=O)(=O)O)cc1. The third-order valence-corrected chi connectivity index (χ3v) is 11.3. The van der Waals surface area contributed by atoms with Crippen LogP contribution in [-0.4, -0.2) is 62.3 Å². The zero-order valence-electron chi connectivity index (χ0n) is 28.5. The lowest BCUT2D eigenvalue weighted by Crippen LogP contribution is -2.22. The van der Waals surface area contributed by atoms with Gasteiger partial charge in [-0.15, -0.1) is 0 Å². The van der Waals surface area contributed by atoms with Crippen LogP contribution < -0.4 is 4.90 Å². The molecule has 0 saturated heterocycles. The fourth-order valence-corrected chi connectivity index (χ4v) is 7.84. The van der Waals surface area contributed by atoms with Crippen LogP contribution in [0.5, 0.6) is 0 Å². The van der Waals surface area contributed by atoms with Gasteiger partial charge >= 0.3 is 0 Å². The molecule has 0 radical (unpaired) electrons. The maximum Gasteiger partial charge on any atom is 0.295 e. The van der Waals surface area contributed by atoms with Crippen LogP contribution >= 0.6 is 0 Å². The van der Waals surface area contributed by atoms with Crippen molar-refractivity contribution in [3.8, 4) is 0 Å². The van der Waals surface area contributed by atoms with Crippen LogP contribution in [0.3, 0.4) is 0 Å². The second-order valence-electron chi connectivity index (χ2n) is 12.1. The molecule has 0 unspecified atom stereocenters. The van der Waals surface area contributed by atoms with Crippen molar-refractivity contribution in [2.45, 2.75) is 48.0 Å². The van der Waals surface area contributed by atoms with E-state index in [1.165, 1.54) is 30.3 Å². The zero-order valence-corrected chi connectivity index (χ0v) is 30.9. The van der Waals surface area contributed by atoms with Gasteiger partial charge in [-0.1, -0.05) is 54.6 Å². The fourth-order valence-electron chi connectivity index (χ4n) is 6.02. The molecule has 0 amide bonds. The largest absolute Gasteiger partial charge is 0.367 e. The van der Waals surface area contributed by atoms with Crippen molar-refractivity contribution in [1.29, 1.82) is 0 Å². The highest BCUT2D eigenvalue weighted by Gasteiger charge is 2.22. The predicted octanol–water partition coefficient (Wildman–Crippen LogP) is 6.25. The molecule has 3 N–H and O–H groups in total. The van der Waals surface area contributed by atoms with Crippen molar-refractivity contribution in [1.82, 2.24) is 0 Å². The molecule has 52 heavy (non-hydrogen) atoms. The van der Waals surface area contributed by atoms with E-state index in [0.717, 1.165) is 22.5 Å². The van der Waals surface area contributed by atoms with Gasteiger partial charge in [-0.3, -0.25) is 13.7 Å². The number of allylic oxidation sites excluding steroid dienone is 6. The predicted molar refractivity (Wildman–Crippen MR) is 200 cm³/mol. The average molecular weight is 764 g/mol. The minimum Gasteiger partial charge on any atom is -0.367 e. The Labute approximate surface area is 304 Å². The molecular weight excluding hydrogens is 725 g/mol. The molecule has 14 heteroatoms. The number of benzene rings is 4. The number of hydrogen-bond acceptors (Lipinski definition) is 7. The molecule has 0 aliphatic heterocycles. The first-order valence-corrected chi connectivity index (χ1v) is 20.6. The molecule has 0 spiro atoms. The number of anilines is 1. The summed E-state index contributed by atoms with van der Waals surface area (Å²) in [5.74, 6) is 0. The molecule has 0 bridgehead atoms. The Morgan fingerprint density at radius 2 is 1.21 bits per heavy atom. The van der Waals surface area contributed by atoms with Gasteiger partial charge in [0.05, 0.1) is 9.79 Å². The fraction of sp³-hybridized carbons (Fsp3) is 0.184. The summed E-state index contributed by atoms with van der Waals surface area (Å²) in [6.45, 7) is 5.89. The van der Waals surface area contributed by atoms with E-state index in [1.807, 2.05) is 71.9 Å². The van der Waals surface area contributed by atoms with Crippen molar-refractivity contribution < 1.29 is 43.5 Å². The van der Waals surface area contributed by atoms with E-state index in [1.54, 1.807) is 42.5 Å². The van der Waals surface area contributed by atoms with Gasteiger partial charge in [0.25, 0.3) is 30.4 Å². The molecule has 1 aliphatic rings. The second-order valence-corrected chi connectivity index (χ2v) is 16.3. The van der Waals surface area contributed by atoms with E-state index < -0.39 is 30.4 Å². The topological polar surface area (TPSA) is 169 Å². The van der Waals surface area contributed by atoms with E-state index in [4.69, 9.17) is 0 Å². The minimum atomic E-state index is -4.57. The minimum absolute atomic E-state index is 0.175. The molecule has 4 aromatic rings. The van der Waals surface area contributed by atoms with Gasteiger partial charge in [0, 0.05) is 36.5 Å². The van der Waals surface area contributed by atoms with Gasteiger partial charge in [0.15, 0.2) is 12.3 Å². The Hall–Kier alpha value is -4.70. The van der Waals surface area contributed by atoms with E-state index in [-0.39, 0.29) is 14.7 Å². The van der Waals surface area contributed by atoms with Crippen molar-refractivity contribution in [3.05, 3.63) is 149 Å². The van der Waals surface area contributed by atoms with Crippen LogP contribution in [0.2, 0.25) is 0 Å². The summed E-state index contributed by atoms with van der Waals surface area (Å²) in [5.41, 5.74) is 5.69. The molecule has 11 nitrogen and oxygen atoms in total. The number of nitrogens with zero attached hydrogens (tertiary/aromatic N) is 2. The van der Waals surface area contributed by atoms with Crippen molar-refractivity contribution in [2.75, 3.05) is 18.0 Å². The standard InChI is InChI=1S/C38H38N2O9S3/c1-3-39(26-29-9-7-11-34(23-29)50(41,42)43)32-19-15-28(16-20-32)25-37(36-13-5-6-14-38(36)52(47,48)49)31-17-21-33(22-18-31)40(4-2)27-30-10-8-12-35(24-30)51(44,45)46/h5-24H,3-4,25-27H2,1-2H3,(H2-,41,42,43,44,45,46,47,48,49)/p+1. The molecule has 0 fully saturated rings. The Bertz CT molecular complexity index is 2410. The van der Waals surface area contributed by atoms with Crippen molar-refractivity contribution >= 4 is 47.3 Å². The van der Waals surface area contributed by atoms with E-state index >= 15 is 0 Å². The summed E-state index contributed by atoms with van der Waals surface area (Å²) in [6.07, 6.45) is 7.84. The van der Waals surface area contributed by atoms with E-state index in [2.05, 4.69) is 0 Å². The second kappa shape index (κ2) is 15.9. The van der Waals surface area contributed by atoms with E-state index in [9.17, 15) is 38.9 Å². The summed E-state index contributed by atoms with van der Waals surface area (Å²) < 4.78 is 103. The summed E-state index contributed by atoms with van der Waals surface area (Å²) in [6, 6.07) is 26.2. The molecule has 0 heterocycles. The van der Waals surface area contributed by atoms with E-state index in [0.29, 0.717) is 54.9 Å². The third-order valence-electron chi connectivity index (χ3n) is 8.66. The highest BCUT2D eigenvalue weighted by molar-refractivity contribution is 7.86. The maximum atomic E-state index is 12.5. The van der Waals surface area contributed by atoms with Crippen molar-refractivity contribution in [3.63, 3.8) is 0 Å². The third kappa shape index (κ3) is 9.59. The Morgan fingerprint density at radius 1 is 0.635 bits per heavy atom. The van der Waals surface area contributed by atoms with Crippen LogP contribution in [0, 0.1) is 0 Å². The maximum absolute atomic E-state index is 12.5. The van der Waals surface area contributed by atoms with Gasteiger partial charge in [-0.25, -0.2) is 4.58 Å². The first-order valence-electron chi connectivity index (χ1n) is 16.3. The van der Waals surface area contributed by atoms with Gasteiger partial charge in [0.2, 0.25) is 0 Å². The summed E-state index contributed by atoms with van der Waals surface area (Å²) >= 11 is 0. The van der Waals surface area contributed by atoms with Crippen molar-refractivity contribution in [2.24, 2.45) is 0 Å². The molecule has 0 atom stereocenters. The Kier molecular flexibility index (Phi) is 11.8. The molecular formula is C38H39N2O9S3+. The van der Waals surface area contributed by atoms with Gasteiger partial charge < -0.3 is 4.90 Å². The van der Waals surface area contributed by atoms with Gasteiger partial charge in [-0.05, 0) is 103 Å². The van der Waals surface area contributed by atoms with Crippen LogP contribution in [0.4, 0.5) is 5.69 Å². The smallest absolute Gasteiger partial charge is 0.295 e. The molecule has 0 saturated carbocycles. The highest BCUT2D eigenvalue weighted by atomic mass is 32.2. The average Bonchev–Trinajstić information content (AvgIpc) is 3.11. The van der Waals surface area contributed by atoms with Crippen LogP contribution in [0.25, 0.3) is 5.57 Å². The summed E-state index contributed by atoms with van der Waals surface area (Å²) in [7, 11) is -13.3. The lowest BCUT2D eigenvalue weighted by molar-refractivity contribution is -0.539. The molecule has 5 rings (SSSR count). The lowest BCUT2D eigenvalue weighted by Gasteiger charge is -2.24. The normalized spacial score (nSPS) is 13.3.